The standard InChI is InChI=1S/C29H34ClF6N3O4/c1-42-17-23-14-24(43-2)16-38(23)7-5-37-6-8-39(22(15-37)9-18-3-4-25(30)26(40)10-18)27(41)19-11-20(28(31,32)33)13-21(12-19)29(34,35)36/h3-4,10-13,22-24,40H,5-9,14-17H2,1-2H3/t22-,23+,24-/m1/s1. The van der Waals surface area contributed by atoms with Gasteiger partial charge in [0.25, 0.3) is 5.91 Å². The highest BCUT2D eigenvalue weighted by molar-refractivity contribution is 6.32. The first-order valence-electron chi connectivity index (χ1n) is 13.8. The zero-order chi connectivity index (χ0) is 31.5. The Labute approximate surface area is 250 Å². The van der Waals surface area contributed by atoms with E-state index in [1.54, 1.807) is 20.3 Å². The summed E-state index contributed by atoms with van der Waals surface area (Å²) in [4.78, 5) is 19.3. The molecule has 43 heavy (non-hydrogen) atoms. The number of hydrogen-bond acceptors (Lipinski definition) is 6. The second-order valence-electron chi connectivity index (χ2n) is 10.9. The van der Waals surface area contributed by atoms with Crippen molar-refractivity contribution in [1.29, 1.82) is 0 Å². The SMILES string of the molecule is COC[C@@H]1C[C@@H](OC)CN1CCN1CCN(C(=O)c2cc(C(F)(F)F)cc(C(F)(F)F)c2)[C@H](Cc2ccc(Cl)c(O)c2)C1. The molecule has 0 unspecified atom stereocenters. The van der Waals surface area contributed by atoms with Gasteiger partial charge in [-0.25, -0.2) is 0 Å². The van der Waals surface area contributed by atoms with Gasteiger partial charge in [-0.3, -0.25) is 14.6 Å². The fourth-order valence-corrected chi connectivity index (χ4v) is 5.90. The number of alkyl halides is 6. The third kappa shape index (κ3) is 8.33. The molecule has 2 aliphatic heterocycles. The van der Waals surface area contributed by atoms with Crippen LogP contribution in [0.1, 0.15) is 33.5 Å². The summed E-state index contributed by atoms with van der Waals surface area (Å²) in [6.45, 7) is 3.34. The highest BCUT2D eigenvalue weighted by Crippen LogP contribution is 2.37. The van der Waals surface area contributed by atoms with Crippen LogP contribution in [0.2, 0.25) is 5.02 Å². The second kappa shape index (κ2) is 13.6. The smallest absolute Gasteiger partial charge is 0.416 e. The predicted molar refractivity (Wildman–Crippen MR) is 147 cm³/mol. The summed E-state index contributed by atoms with van der Waals surface area (Å²) in [6.07, 6.45) is -9.05. The maximum Gasteiger partial charge on any atom is 0.416 e. The summed E-state index contributed by atoms with van der Waals surface area (Å²) >= 11 is 5.94. The van der Waals surface area contributed by atoms with Crippen molar-refractivity contribution in [2.24, 2.45) is 0 Å². The van der Waals surface area contributed by atoms with E-state index in [0.29, 0.717) is 50.5 Å². The van der Waals surface area contributed by atoms with E-state index >= 15 is 0 Å². The van der Waals surface area contributed by atoms with Crippen molar-refractivity contribution in [3.05, 3.63) is 63.7 Å². The molecule has 2 heterocycles. The largest absolute Gasteiger partial charge is 0.506 e. The van der Waals surface area contributed by atoms with Crippen LogP contribution in [0.3, 0.4) is 0 Å². The number of phenols is 1. The summed E-state index contributed by atoms with van der Waals surface area (Å²) in [7, 11) is 3.30. The van der Waals surface area contributed by atoms with E-state index in [1.165, 1.54) is 17.0 Å². The van der Waals surface area contributed by atoms with Gasteiger partial charge in [-0.05, 0) is 48.7 Å². The topological polar surface area (TPSA) is 65.5 Å². The zero-order valence-corrected chi connectivity index (χ0v) is 24.5. The number of piperazine rings is 1. The van der Waals surface area contributed by atoms with Crippen molar-refractivity contribution in [3.63, 3.8) is 0 Å². The number of ether oxygens (including phenoxy) is 2. The molecule has 2 aliphatic rings. The Morgan fingerprint density at radius 1 is 0.953 bits per heavy atom. The van der Waals surface area contributed by atoms with Crippen LogP contribution in [0.25, 0.3) is 0 Å². The van der Waals surface area contributed by atoms with E-state index in [1.807, 2.05) is 0 Å². The molecule has 0 aromatic heterocycles. The molecule has 2 saturated heterocycles. The van der Waals surface area contributed by atoms with Crippen molar-refractivity contribution in [1.82, 2.24) is 14.7 Å². The Morgan fingerprint density at radius 3 is 2.21 bits per heavy atom. The van der Waals surface area contributed by atoms with Crippen LogP contribution >= 0.6 is 11.6 Å². The number of amides is 1. The Morgan fingerprint density at radius 2 is 1.63 bits per heavy atom. The Bertz CT molecular complexity index is 1250. The molecule has 2 fully saturated rings. The number of benzene rings is 2. The number of rotatable bonds is 9. The van der Waals surface area contributed by atoms with Gasteiger partial charge in [-0.2, -0.15) is 26.3 Å². The highest BCUT2D eigenvalue weighted by Gasteiger charge is 2.39. The normalized spacial score (nSPS) is 22.3. The molecule has 3 atom stereocenters. The zero-order valence-electron chi connectivity index (χ0n) is 23.7. The van der Waals surface area contributed by atoms with E-state index in [0.717, 1.165) is 13.0 Å². The molecule has 238 valence electrons. The van der Waals surface area contributed by atoms with Crippen molar-refractivity contribution in [2.75, 3.05) is 60.1 Å². The average molecular weight is 638 g/mol. The summed E-state index contributed by atoms with van der Waals surface area (Å²) in [5.74, 6) is -1.11. The first-order chi connectivity index (χ1) is 20.2. The van der Waals surface area contributed by atoms with Gasteiger partial charge in [0.05, 0.1) is 28.9 Å². The average Bonchev–Trinajstić information content (AvgIpc) is 3.34. The molecule has 0 spiro atoms. The third-order valence-electron chi connectivity index (χ3n) is 8.03. The molecule has 0 bridgehead atoms. The van der Waals surface area contributed by atoms with Crippen molar-refractivity contribution < 1.29 is 45.7 Å². The number of likely N-dealkylation sites (tertiary alicyclic amines) is 1. The molecule has 2 aromatic rings. The lowest BCUT2D eigenvalue weighted by atomic mass is 9.99. The van der Waals surface area contributed by atoms with Gasteiger partial charge in [-0.15, -0.1) is 0 Å². The van der Waals surface area contributed by atoms with Gasteiger partial charge < -0.3 is 19.5 Å². The lowest BCUT2D eigenvalue weighted by Crippen LogP contribution is -2.57. The molecule has 0 saturated carbocycles. The molecule has 1 amide bonds. The minimum atomic E-state index is -5.08. The molecule has 4 rings (SSSR count). The van der Waals surface area contributed by atoms with Crippen LogP contribution in [-0.4, -0.2) is 104 Å². The van der Waals surface area contributed by atoms with Gasteiger partial charge in [0.15, 0.2) is 0 Å². The molecule has 7 nitrogen and oxygen atoms in total. The van der Waals surface area contributed by atoms with Gasteiger partial charge in [0, 0.05) is 71.1 Å². The summed E-state index contributed by atoms with van der Waals surface area (Å²) < 4.78 is 91.9. The number of aromatic hydroxyl groups is 1. The number of phenolic OH excluding ortho intramolecular Hbond substituents is 1. The molecule has 2 aromatic carbocycles. The molecule has 0 aliphatic carbocycles. The number of nitrogens with zero attached hydrogens (tertiary/aromatic N) is 3. The maximum absolute atomic E-state index is 13.6. The second-order valence-corrected chi connectivity index (χ2v) is 11.3. The lowest BCUT2D eigenvalue weighted by molar-refractivity contribution is -0.143. The Balaban J connectivity index is 1.58. The summed E-state index contributed by atoms with van der Waals surface area (Å²) in [5, 5.41) is 10.2. The summed E-state index contributed by atoms with van der Waals surface area (Å²) in [6, 6.07) is 5.07. The molecule has 0 radical (unpaired) electrons. The van der Waals surface area contributed by atoms with Crippen LogP contribution in [0, 0.1) is 0 Å². The number of carbonyl (C=O) groups is 1. The summed E-state index contributed by atoms with van der Waals surface area (Å²) in [5.41, 5.74) is -3.18. The van der Waals surface area contributed by atoms with Crippen LogP contribution in [0.5, 0.6) is 5.75 Å². The van der Waals surface area contributed by atoms with Gasteiger partial charge in [0.2, 0.25) is 0 Å². The third-order valence-corrected chi connectivity index (χ3v) is 8.35. The van der Waals surface area contributed by atoms with Crippen molar-refractivity contribution >= 4 is 17.5 Å². The predicted octanol–water partition coefficient (Wildman–Crippen LogP) is 5.19. The Kier molecular flexibility index (Phi) is 10.5. The van der Waals surface area contributed by atoms with Crippen molar-refractivity contribution in [2.45, 2.75) is 43.4 Å². The van der Waals surface area contributed by atoms with E-state index in [9.17, 15) is 36.2 Å². The van der Waals surface area contributed by atoms with Crippen LogP contribution < -0.4 is 0 Å². The lowest BCUT2D eigenvalue weighted by Gasteiger charge is -2.42. The minimum Gasteiger partial charge on any atom is -0.506 e. The first kappa shape index (κ1) is 33.3. The van der Waals surface area contributed by atoms with Crippen LogP contribution in [0.4, 0.5) is 26.3 Å². The van der Waals surface area contributed by atoms with E-state index in [-0.39, 0.29) is 41.9 Å². The first-order valence-corrected chi connectivity index (χ1v) is 14.1. The quantitative estimate of drug-likeness (QED) is 0.382. The number of carbonyl (C=O) groups excluding carboxylic acids is 1. The van der Waals surface area contributed by atoms with Gasteiger partial charge >= 0.3 is 12.4 Å². The van der Waals surface area contributed by atoms with Crippen LogP contribution in [0.15, 0.2) is 36.4 Å². The molecular formula is C29H34ClF6N3O4. The fraction of sp³-hybridized carbons (Fsp3) is 0.552. The molecule has 1 N–H and O–H groups in total. The van der Waals surface area contributed by atoms with Gasteiger partial charge in [-0.1, -0.05) is 17.7 Å². The van der Waals surface area contributed by atoms with Crippen LogP contribution in [-0.2, 0) is 28.2 Å². The number of hydrogen-bond donors (Lipinski definition) is 1. The minimum absolute atomic E-state index is 0.00598. The molecule has 14 heteroatoms. The van der Waals surface area contributed by atoms with E-state index in [4.69, 9.17) is 21.1 Å². The Hall–Kier alpha value is -2.58. The van der Waals surface area contributed by atoms with Gasteiger partial charge in [0.1, 0.15) is 5.75 Å². The maximum atomic E-state index is 13.6. The highest BCUT2D eigenvalue weighted by atomic mass is 35.5. The number of halogens is 7. The number of methoxy groups -OCH3 is 2. The van der Waals surface area contributed by atoms with E-state index < -0.39 is 41.0 Å². The molecular weight excluding hydrogens is 604 g/mol. The van der Waals surface area contributed by atoms with E-state index in [2.05, 4.69) is 9.80 Å². The van der Waals surface area contributed by atoms with Crippen molar-refractivity contribution in [3.8, 4) is 5.75 Å². The monoisotopic (exact) mass is 637 g/mol. The fourth-order valence-electron chi connectivity index (χ4n) is 5.78.